The largest absolute Gasteiger partial charge is 0.394 e. The predicted molar refractivity (Wildman–Crippen MR) is 43.3 cm³/mol. The zero-order chi connectivity index (χ0) is 8.27. The highest BCUT2D eigenvalue weighted by Crippen LogP contribution is 1.98. The number of hydrogen-bond donors (Lipinski definition) is 2. The summed E-state index contributed by atoms with van der Waals surface area (Å²) in [6, 6.07) is 1.61. The highest BCUT2D eigenvalue weighted by molar-refractivity contribution is 5.34. The fourth-order valence-electron chi connectivity index (χ4n) is 0.849. The monoisotopic (exact) mass is 153 g/mol. The van der Waals surface area contributed by atoms with Crippen LogP contribution in [-0.2, 0) is 6.42 Å². The van der Waals surface area contributed by atoms with Gasteiger partial charge in [-0.1, -0.05) is 13.3 Å². The van der Waals surface area contributed by atoms with Crippen molar-refractivity contribution in [3.05, 3.63) is 22.1 Å². The molecule has 60 valence electrons. The second-order valence-electron chi connectivity index (χ2n) is 2.39. The minimum Gasteiger partial charge on any atom is -0.394 e. The van der Waals surface area contributed by atoms with Gasteiger partial charge in [0.2, 0.25) is 0 Å². The third-order valence-corrected chi connectivity index (χ3v) is 1.39. The summed E-state index contributed by atoms with van der Waals surface area (Å²) in [5, 5.41) is 6.13. The van der Waals surface area contributed by atoms with Crippen LogP contribution in [0.3, 0.4) is 0 Å². The maximum atomic E-state index is 10.7. The molecule has 0 radical (unpaired) electrons. The van der Waals surface area contributed by atoms with E-state index >= 15 is 0 Å². The molecule has 0 saturated carbocycles. The normalized spacial score (nSPS) is 9.91. The average Bonchev–Trinajstić information content (AvgIpc) is 1.98. The molecule has 4 nitrogen and oxygen atoms in total. The molecule has 11 heavy (non-hydrogen) atoms. The van der Waals surface area contributed by atoms with Gasteiger partial charge in [0, 0.05) is 0 Å². The van der Waals surface area contributed by atoms with E-state index in [0.29, 0.717) is 0 Å². The summed E-state index contributed by atoms with van der Waals surface area (Å²) in [5.74, 6) is 0. The van der Waals surface area contributed by atoms with E-state index in [1.807, 2.05) is 6.92 Å². The quantitative estimate of drug-likeness (QED) is 0.642. The molecule has 0 saturated heterocycles. The first-order valence-corrected chi connectivity index (χ1v) is 3.58. The van der Waals surface area contributed by atoms with Crippen molar-refractivity contribution in [3.63, 3.8) is 0 Å². The first-order chi connectivity index (χ1) is 5.24. The number of nitrogen functional groups attached to an aromatic ring is 1. The number of hydrogen-bond acceptors (Lipinski definition) is 3. The minimum atomic E-state index is -0.315. The molecule has 1 aromatic heterocycles. The van der Waals surface area contributed by atoms with E-state index in [1.54, 1.807) is 6.07 Å². The van der Waals surface area contributed by atoms with E-state index in [-0.39, 0.29) is 11.2 Å². The molecule has 0 fully saturated rings. The Balaban J connectivity index is 2.96. The van der Waals surface area contributed by atoms with Gasteiger partial charge in [-0.05, 0) is 12.5 Å². The predicted octanol–water partition coefficient (Wildman–Crippen LogP) is 0.305. The molecule has 1 rings (SSSR count). The third-order valence-electron chi connectivity index (χ3n) is 1.39. The Labute approximate surface area is 64.4 Å². The summed E-state index contributed by atoms with van der Waals surface area (Å²) in [6.07, 6.45) is 1.85. The Hall–Kier alpha value is -1.32. The van der Waals surface area contributed by atoms with Crippen LogP contribution in [0.2, 0.25) is 0 Å². The van der Waals surface area contributed by atoms with Crippen molar-refractivity contribution in [2.75, 3.05) is 5.73 Å². The molecule has 0 aromatic carbocycles. The van der Waals surface area contributed by atoms with Crippen molar-refractivity contribution in [1.82, 2.24) is 10.2 Å². The maximum absolute atomic E-state index is 10.7. The van der Waals surface area contributed by atoms with Crippen LogP contribution in [0.4, 0.5) is 5.69 Å². The SMILES string of the molecule is CCCc1cc(N)c(=O)[nH]n1. The van der Waals surface area contributed by atoms with Crippen LogP contribution in [0.15, 0.2) is 10.9 Å². The van der Waals surface area contributed by atoms with Crippen LogP contribution < -0.4 is 11.3 Å². The van der Waals surface area contributed by atoms with Crippen molar-refractivity contribution in [1.29, 1.82) is 0 Å². The van der Waals surface area contributed by atoms with E-state index < -0.39 is 0 Å². The molecule has 0 amide bonds. The molecule has 0 atom stereocenters. The van der Waals surface area contributed by atoms with E-state index in [9.17, 15) is 4.79 Å². The van der Waals surface area contributed by atoms with Gasteiger partial charge in [0.15, 0.2) is 0 Å². The van der Waals surface area contributed by atoms with Gasteiger partial charge in [0.1, 0.15) is 5.69 Å². The molecule has 0 bridgehead atoms. The molecule has 1 aromatic rings. The number of nitrogens with zero attached hydrogens (tertiary/aromatic N) is 1. The van der Waals surface area contributed by atoms with Crippen molar-refractivity contribution >= 4 is 5.69 Å². The van der Waals surface area contributed by atoms with E-state index in [0.717, 1.165) is 18.5 Å². The minimum absolute atomic E-state index is 0.239. The van der Waals surface area contributed by atoms with Gasteiger partial charge in [0.05, 0.1) is 5.69 Å². The Morgan fingerprint density at radius 2 is 2.45 bits per heavy atom. The van der Waals surface area contributed by atoms with Crippen molar-refractivity contribution in [2.24, 2.45) is 0 Å². The molecular weight excluding hydrogens is 142 g/mol. The second kappa shape index (κ2) is 3.18. The van der Waals surface area contributed by atoms with Crippen LogP contribution in [0, 0.1) is 0 Å². The highest BCUT2D eigenvalue weighted by atomic mass is 16.1. The molecule has 3 N–H and O–H groups in total. The molecule has 4 heteroatoms. The molecular formula is C7H11N3O. The first-order valence-electron chi connectivity index (χ1n) is 3.58. The number of aromatic nitrogens is 2. The highest BCUT2D eigenvalue weighted by Gasteiger charge is 1.96. The van der Waals surface area contributed by atoms with Crippen molar-refractivity contribution in [2.45, 2.75) is 19.8 Å². The number of anilines is 1. The Kier molecular flexibility index (Phi) is 2.25. The summed E-state index contributed by atoms with van der Waals surface area (Å²) in [4.78, 5) is 10.7. The molecule has 0 unspecified atom stereocenters. The average molecular weight is 153 g/mol. The summed E-state index contributed by atoms with van der Waals surface area (Å²) in [6.45, 7) is 2.04. The Bertz CT molecular complexity index is 292. The van der Waals surface area contributed by atoms with Crippen LogP contribution in [0.25, 0.3) is 0 Å². The van der Waals surface area contributed by atoms with Gasteiger partial charge in [-0.15, -0.1) is 0 Å². The first kappa shape index (κ1) is 7.78. The van der Waals surface area contributed by atoms with Gasteiger partial charge < -0.3 is 5.73 Å². The van der Waals surface area contributed by atoms with Crippen LogP contribution in [0.5, 0.6) is 0 Å². The molecule has 0 aliphatic carbocycles. The summed E-state index contributed by atoms with van der Waals surface area (Å²) in [7, 11) is 0. The topological polar surface area (TPSA) is 71.8 Å². The van der Waals surface area contributed by atoms with Crippen LogP contribution >= 0.6 is 0 Å². The zero-order valence-corrected chi connectivity index (χ0v) is 6.42. The van der Waals surface area contributed by atoms with Crippen molar-refractivity contribution < 1.29 is 0 Å². The number of aromatic amines is 1. The molecule has 1 heterocycles. The summed E-state index contributed by atoms with van der Waals surface area (Å²) in [5.41, 5.74) is 6.13. The van der Waals surface area contributed by atoms with Crippen LogP contribution in [-0.4, -0.2) is 10.2 Å². The van der Waals surface area contributed by atoms with Gasteiger partial charge >= 0.3 is 0 Å². The van der Waals surface area contributed by atoms with Crippen molar-refractivity contribution in [3.8, 4) is 0 Å². The Morgan fingerprint density at radius 3 is 3.00 bits per heavy atom. The lowest BCUT2D eigenvalue weighted by molar-refractivity contribution is 0.830. The number of aryl methyl sites for hydroxylation is 1. The smallest absolute Gasteiger partial charge is 0.287 e. The fraction of sp³-hybridized carbons (Fsp3) is 0.429. The maximum Gasteiger partial charge on any atom is 0.287 e. The standard InChI is InChI=1S/C7H11N3O/c1-2-3-5-4-6(8)7(11)10-9-5/h4H,2-3H2,1H3,(H2,8,9)(H,10,11). The van der Waals surface area contributed by atoms with Gasteiger partial charge in [0.25, 0.3) is 5.56 Å². The number of rotatable bonds is 2. The zero-order valence-electron chi connectivity index (χ0n) is 6.42. The fourth-order valence-corrected chi connectivity index (χ4v) is 0.849. The third kappa shape index (κ3) is 1.80. The number of H-pyrrole nitrogens is 1. The summed E-state index contributed by atoms with van der Waals surface area (Å²) >= 11 is 0. The van der Waals surface area contributed by atoms with E-state index in [2.05, 4.69) is 10.2 Å². The second-order valence-corrected chi connectivity index (χ2v) is 2.39. The Morgan fingerprint density at radius 1 is 1.73 bits per heavy atom. The number of nitrogens with two attached hydrogens (primary N) is 1. The molecule has 0 aliphatic rings. The van der Waals surface area contributed by atoms with E-state index in [4.69, 9.17) is 5.73 Å². The molecule has 0 aliphatic heterocycles. The molecule has 0 spiro atoms. The lowest BCUT2D eigenvalue weighted by Gasteiger charge is -1.96. The lowest BCUT2D eigenvalue weighted by Crippen LogP contribution is -2.14. The van der Waals surface area contributed by atoms with E-state index in [1.165, 1.54) is 0 Å². The van der Waals surface area contributed by atoms with Gasteiger partial charge in [-0.3, -0.25) is 4.79 Å². The number of nitrogens with one attached hydrogen (secondary N) is 1. The van der Waals surface area contributed by atoms with Gasteiger partial charge in [-0.2, -0.15) is 5.10 Å². The summed E-state index contributed by atoms with van der Waals surface area (Å²) < 4.78 is 0. The van der Waals surface area contributed by atoms with Crippen LogP contribution in [0.1, 0.15) is 19.0 Å². The lowest BCUT2D eigenvalue weighted by atomic mass is 10.2. The van der Waals surface area contributed by atoms with Gasteiger partial charge in [-0.25, -0.2) is 5.10 Å².